The maximum atomic E-state index is 12.2. The van der Waals surface area contributed by atoms with E-state index in [0.717, 1.165) is 4.90 Å². The van der Waals surface area contributed by atoms with Crippen LogP contribution in [-0.2, 0) is 6.54 Å². The lowest BCUT2D eigenvalue weighted by atomic mass is 10.1. The van der Waals surface area contributed by atoms with Gasteiger partial charge in [0.25, 0.3) is 0 Å². The van der Waals surface area contributed by atoms with Crippen LogP contribution in [-0.4, -0.2) is 31.8 Å². The highest BCUT2D eigenvalue weighted by molar-refractivity contribution is 5.45. The van der Waals surface area contributed by atoms with Crippen LogP contribution in [0.5, 0.6) is 5.75 Å². The fraction of sp³-hybridized carbons (Fsp3) is 0.417. The van der Waals surface area contributed by atoms with Gasteiger partial charge in [0.2, 0.25) is 0 Å². The van der Waals surface area contributed by atoms with Crippen LogP contribution in [0.1, 0.15) is 11.1 Å². The van der Waals surface area contributed by atoms with Crippen LogP contribution in [0.15, 0.2) is 18.2 Å². The first kappa shape index (κ1) is 14.3. The fourth-order valence-electron chi connectivity index (χ4n) is 1.60. The number of hydrogen-bond donors (Lipinski definition) is 0. The zero-order chi connectivity index (χ0) is 13.8. The molecule has 0 saturated heterocycles. The van der Waals surface area contributed by atoms with E-state index in [2.05, 4.69) is 0 Å². The maximum absolute atomic E-state index is 12.2. The summed E-state index contributed by atoms with van der Waals surface area (Å²) in [6.07, 6.45) is -4.22. The summed E-state index contributed by atoms with van der Waals surface area (Å²) in [6, 6.07) is 6.68. The first-order valence-corrected chi connectivity index (χ1v) is 5.18. The summed E-state index contributed by atoms with van der Waals surface area (Å²) >= 11 is 0. The van der Waals surface area contributed by atoms with E-state index in [1.807, 2.05) is 6.07 Å². The predicted molar refractivity (Wildman–Crippen MR) is 60.1 cm³/mol. The summed E-state index contributed by atoms with van der Waals surface area (Å²) < 4.78 is 41.5. The number of benzene rings is 1. The van der Waals surface area contributed by atoms with Gasteiger partial charge in [0.1, 0.15) is 11.8 Å². The highest BCUT2D eigenvalue weighted by Gasteiger charge is 2.29. The smallest absolute Gasteiger partial charge is 0.401 e. The van der Waals surface area contributed by atoms with E-state index in [1.165, 1.54) is 20.2 Å². The van der Waals surface area contributed by atoms with Crippen molar-refractivity contribution in [3.05, 3.63) is 29.3 Å². The molecule has 0 aliphatic rings. The van der Waals surface area contributed by atoms with Gasteiger partial charge in [-0.05, 0) is 24.7 Å². The fourth-order valence-corrected chi connectivity index (χ4v) is 1.60. The molecular weight excluding hydrogens is 245 g/mol. The Kier molecular flexibility index (Phi) is 4.56. The van der Waals surface area contributed by atoms with Gasteiger partial charge >= 0.3 is 6.18 Å². The highest BCUT2D eigenvalue weighted by atomic mass is 19.4. The minimum absolute atomic E-state index is 0.140. The van der Waals surface area contributed by atoms with Crippen molar-refractivity contribution in [2.45, 2.75) is 12.7 Å². The molecule has 1 rings (SSSR count). The first-order valence-electron chi connectivity index (χ1n) is 5.18. The molecule has 0 unspecified atom stereocenters. The minimum atomic E-state index is -4.22. The Bertz CT molecular complexity index is 452. The summed E-state index contributed by atoms with van der Waals surface area (Å²) in [6.45, 7) is -0.836. The van der Waals surface area contributed by atoms with E-state index in [4.69, 9.17) is 10.00 Å². The molecule has 18 heavy (non-hydrogen) atoms. The minimum Gasteiger partial charge on any atom is -0.495 e. The lowest BCUT2D eigenvalue weighted by Crippen LogP contribution is -2.30. The average molecular weight is 258 g/mol. The molecular formula is C12H13F3N2O. The van der Waals surface area contributed by atoms with Crippen molar-refractivity contribution in [2.75, 3.05) is 20.7 Å². The van der Waals surface area contributed by atoms with Crippen LogP contribution in [0.4, 0.5) is 13.2 Å². The molecule has 98 valence electrons. The van der Waals surface area contributed by atoms with E-state index in [1.54, 1.807) is 12.1 Å². The molecule has 0 heterocycles. The van der Waals surface area contributed by atoms with Crippen LogP contribution in [0.2, 0.25) is 0 Å². The molecule has 0 radical (unpaired) electrons. The highest BCUT2D eigenvalue weighted by Crippen LogP contribution is 2.21. The van der Waals surface area contributed by atoms with Crippen LogP contribution in [0.3, 0.4) is 0 Å². The number of nitrogens with zero attached hydrogens (tertiary/aromatic N) is 2. The van der Waals surface area contributed by atoms with Gasteiger partial charge in [0, 0.05) is 6.54 Å². The molecule has 0 aliphatic carbocycles. The quantitative estimate of drug-likeness (QED) is 0.832. The van der Waals surface area contributed by atoms with Crippen molar-refractivity contribution in [1.29, 1.82) is 5.26 Å². The molecule has 0 aliphatic heterocycles. The van der Waals surface area contributed by atoms with Gasteiger partial charge in [-0.15, -0.1) is 0 Å². The summed E-state index contributed by atoms with van der Waals surface area (Å²) in [7, 11) is 2.80. The lowest BCUT2D eigenvalue weighted by Gasteiger charge is -2.18. The standard InChI is InChI=1S/C12H13F3N2O/c1-17(8-12(13,14)15)7-9-3-4-10(6-16)11(5-9)18-2/h3-5H,7-8H2,1-2H3. The summed E-state index contributed by atoms with van der Waals surface area (Å²) in [5.41, 5.74) is 1.03. The number of ether oxygens (including phenoxy) is 1. The van der Waals surface area contributed by atoms with E-state index in [9.17, 15) is 13.2 Å². The summed E-state index contributed by atoms with van der Waals surface area (Å²) in [5.74, 6) is 0.371. The largest absolute Gasteiger partial charge is 0.495 e. The molecule has 0 fully saturated rings. The Morgan fingerprint density at radius 2 is 2.06 bits per heavy atom. The number of rotatable bonds is 4. The SMILES string of the molecule is COc1cc(CN(C)CC(F)(F)F)ccc1C#N. The van der Waals surface area contributed by atoms with E-state index >= 15 is 0 Å². The van der Waals surface area contributed by atoms with Gasteiger partial charge in [0.05, 0.1) is 19.2 Å². The van der Waals surface area contributed by atoms with Crippen molar-refractivity contribution in [3.63, 3.8) is 0 Å². The third kappa shape index (κ3) is 4.26. The number of methoxy groups -OCH3 is 1. The summed E-state index contributed by atoms with van der Waals surface area (Å²) in [5, 5.41) is 8.79. The number of nitriles is 1. The molecule has 0 atom stereocenters. The van der Waals surface area contributed by atoms with E-state index in [-0.39, 0.29) is 6.54 Å². The second kappa shape index (κ2) is 5.74. The van der Waals surface area contributed by atoms with Crippen LogP contribution < -0.4 is 4.74 Å². The average Bonchev–Trinajstić information content (AvgIpc) is 2.26. The third-order valence-electron chi connectivity index (χ3n) is 2.29. The molecule has 6 heteroatoms. The Balaban J connectivity index is 2.77. The first-order chi connectivity index (χ1) is 8.35. The third-order valence-corrected chi connectivity index (χ3v) is 2.29. The van der Waals surface area contributed by atoms with E-state index in [0.29, 0.717) is 16.9 Å². The monoisotopic (exact) mass is 258 g/mol. The molecule has 0 spiro atoms. The Labute approximate surface area is 103 Å². The van der Waals surface area contributed by atoms with Crippen LogP contribution >= 0.6 is 0 Å². The van der Waals surface area contributed by atoms with Crippen molar-refractivity contribution < 1.29 is 17.9 Å². The van der Waals surface area contributed by atoms with Gasteiger partial charge in [-0.25, -0.2) is 0 Å². The van der Waals surface area contributed by atoms with Gasteiger partial charge in [-0.3, -0.25) is 4.90 Å². The molecule has 1 aromatic carbocycles. The molecule has 0 N–H and O–H groups in total. The molecule has 0 amide bonds. The van der Waals surface area contributed by atoms with Crippen molar-refractivity contribution in [3.8, 4) is 11.8 Å². The maximum Gasteiger partial charge on any atom is 0.401 e. The number of hydrogen-bond acceptors (Lipinski definition) is 3. The Hall–Kier alpha value is -1.74. The van der Waals surface area contributed by atoms with Gasteiger partial charge < -0.3 is 4.74 Å². The van der Waals surface area contributed by atoms with Crippen molar-refractivity contribution in [2.24, 2.45) is 0 Å². The van der Waals surface area contributed by atoms with Gasteiger partial charge in [0.15, 0.2) is 0 Å². The van der Waals surface area contributed by atoms with Gasteiger partial charge in [-0.1, -0.05) is 6.07 Å². The molecule has 1 aromatic rings. The second-order valence-electron chi connectivity index (χ2n) is 3.93. The Morgan fingerprint density at radius 1 is 1.39 bits per heavy atom. The van der Waals surface area contributed by atoms with Crippen molar-refractivity contribution in [1.82, 2.24) is 4.90 Å². The number of halogens is 3. The number of alkyl halides is 3. The normalized spacial score (nSPS) is 11.4. The topological polar surface area (TPSA) is 36.3 Å². The van der Waals surface area contributed by atoms with Gasteiger partial charge in [-0.2, -0.15) is 18.4 Å². The van der Waals surface area contributed by atoms with Crippen LogP contribution in [0, 0.1) is 11.3 Å². The lowest BCUT2D eigenvalue weighted by molar-refractivity contribution is -0.144. The zero-order valence-corrected chi connectivity index (χ0v) is 10.1. The molecule has 0 bridgehead atoms. The van der Waals surface area contributed by atoms with E-state index < -0.39 is 12.7 Å². The summed E-state index contributed by atoms with van der Waals surface area (Å²) in [4.78, 5) is 1.15. The Morgan fingerprint density at radius 3 is 2.56 bits per heavy atom. The predicted octanol–water partition coefficient (Wildman–Crippen LogP) is 2.56. The molecule has 3 nitrogen and oxygen atoms in total. The van der Waals surface area contributed by atoms with Crippen molar-refractivity contribution >= 4 is 0 Å². The molecule has 0 aromatic heterocycles. The van der Waals surface area contributed by atoms with Crippen LogP contribution in [0.25, 0.3) is 0 Å². The zero-order valence-electron chi connectivity index (χ0n) is 10.1. The molecule has 0 saturated carbocycles. The second-order valence-corrected chi connectivity index (χ2v) is 3.93.